The normalized spacial score (nSPS) is 11.0. The molecule has 0 atom stereocenters. The van der Waals surface area contributed by atoms with Crippen LogP contribution in [0.2, 0.25) is 0 Å². The SMILES string of the molecule is Cc1cc(C)[n+](C(CO)CO)c(C)c1. The summed E-state index contributed by atoms with van der Waals surface area (Å²) in [5.74, 6) is 0. The minimum absolute atomic E-state index is 0.0358. The Kier molecular flexibility index (Phi) is 3.61. The topological polar surface area (TPSA) is 44.3 Å². The van der Waals surface area contributed by atoms with Gasteiger partial charge in [-0.1, -0.05) is 0 Å². The Labute approximate surface area is 84.6 Å². The lowest BCUT2D eigenvalue weighted by atomic mass is 10.1. The van der Waals surface area contributed by atoms with Gasteiger partial charge in [-0.25, -0.2) is 0 Å². The fraction of sp³-hybridized carbons (Fsp3) is 0.545. The maximum Gasteiger partial charge on any atom is 0.204 e. The van der Waals surface area contributed by atoms with Crippen LogP contribution in [0.5, 0.6) is 0 Å². The van der Waals surface area contributed by atoms with Crippen molar-refractivity contribution in [2.75, 3.05) is 13.2 Å². The Morgan fingerprint density at radius 2 is 1.50 bits per heavy atom. The number of hydrogen-bond acceptors (Lipinski definition) is 2. The second kappa shape index (κ2) is 4.53. The molecule has 0 bridgehead atoms. The van der Waals surface area contributed by atoms with Crippen molar-refractivity contribution in [1.29, 1.82) is 0 Å². The molecule has 0 amide bonds. The maximum absolute atomic E-state index is 9.12. The standard InChI is InChI=1S/C11H18NO2/c1-8-4-9(2)12(10(3)5-8)11(6-13)7-14/h4-5,11,13-14H,6-7H2,1-3H3/q+1. The second-order valence-corrected chi connectivity index (χ2v) is 3.70. The van der Waals surface area contributed by atoms with Crippen molar-refractivity contribution >= 4 is 0 Å². The van der Waals surface area contributed by atoms with Gasteiger partial charge in [0.2, 0.25) is 6.04 Å². The molecular weight excluding hydrogens is 178 g/mol. The van der Waals surface area contributed by atoms with Crippen molar-refractivity contribution in [2.45, 2.75) is 26.8 Å². The number of nitrogens with zero attached hydrogens (tertiary/aromatic N) is 1. The van der Waals surface area contributed by atoms with E-state index in [0.717, 1.165) is 11.4 Å². The van der Waals surface area contributed by atoms with Crippen LogP contribution in [0, 0.1) is 20.8 Å². The van der Waals surface area contributed by atoms with E-state index < -0.39 is 0 Å². The number of pyridine rings is 1. The molecule has 0 aliphatic rings. The van der Waals surface area contributed by atoms with Crippen molar-refractivity contribution in [3.8, 4) is 0 Å². The Morgan fingerprint density at radius 3 is 1.86 bits per heavy atom. The van der Waals surface area contributed by atoms with E-state index in [9.17, 15) is 0 Å². The lowest BCUT2D eigenvalue weighted by molar-refractivity contribution is -0.736. The van der Waals surface area contributed by atoms with Gasteiger partial charge in [0, 0.05) is 26.0 Å². The number of aliphatic hydroxyl groups excluding tert-OH is 2. The molecule has 1 aromatic heterocycles. The first-order valence-corrected chi connectivity index (χ1v) is 4.81. The molecule has 1 rings (SSSR count). The van der Waals surface area contributed by atoms with Crippen LogP contribution in [0.15, 0.2) is 12.1 Å². The number of aliphatic hydroxyl groups is 2. The Bertz CT molecular complexity index is 296. The average molecular weight is 196 g/mol. The first kappa shape index (κ1) is 11.1. The minimum atomic E-state index is -0.226. The predicted octanol–water partition coefficient (Wildman–Crippen LogP) is 0.425. The summed E-state index contributed by atoms with van der Waals surface area (Å²) in [6.07, 6.45) is 0. The Balaban J connectivity index is 3.19. The number of rotatable bonds is 3. The molecule has 0 saturated carbocycles. The van der Waals surface area contributed by atoms with Crippen LogP contribution in [0.4, 0.5) is 0 Å². The lowest BCUT2D eigenvalue weighted by Gasteiger charge is -2.11. The molecule has 1 aromatic rings. The minimum Gasteiger partial charge on any atom is -0.389 e. The van der Waals surface area contributed by atoms with Crippen LogP contribution < -0.4 is 4.57 Å². The largest absolute Gasteiger partial charge is 0.389 e. The first-order valence-electron chi connectivity index (χ1n) is 4.81. The van der Waals surface area contributed by atoms with Crippen LogP contribution in [0.3, 0.4) is 0 Å². The molecule has 0 spiro atoms. The molecule has 3 nitrogen and oxygen atoms in total. The summed E-state index contributed by atoms with van der Waals surface area (Å²) in [7, 11) is 0. The van der Waals surface area contributed by atoms with Gasteiger partial charge in [-0.3, -0.25) is 0 Å². The van der Waals surface area contributed by atoms with Gasteiger partial charge in [-0.05, 0) is 12.5 Å². The van der Waals surface area contributed by atoms with E-state index in [1.165, 1.54) is 5.56 Å². The summed E-state index contributed by atoms with van der Waals surface area (Å²) in [5.41, 5.74) is 3.33. The molecule has 0 fully saturated rings. The highest BCUT2D eigenvalue weighted by molar-refractivity contribution is 5.13. The quantitative estimate of drug-likeness (QED) is 0.688. The van der Waals surface area contributed by atoms with Gasteiger partial charge >= 0.3 is 0 Å². The van der Waals surface area contributed by atoms with Crippen molar-refractivity contribution in [2.24, 2.45) is 0 Å². The van der Waals surface area contributed by atoms with E-state index in [-0.39, 0.29) is 19.3 Å². The highest BCUT2D eigenvalue weighted by Gasteiger charge is 2.21. The Hall–Kier alpha value is -0.930. The number of aryl methyl sites for hydroxylation is 3. The molecule has 78 valence electrons. The number of aromatic nitrogens is 1. The van der Waals surface area contributed by atoms with Crippen molar-refractivity contribution in [3.05, 3.63) is 29.1 Å². The first-order chi connectivity index (χ1) is 6.60. The highest BCUT2D eigenvalue weighted by atomic mass is 16.3. The molecule has 0 aliphatic heterocycles. The molecule has 0 unspecified atom stereocenters. The fourth-order valence-corrected chi connectivity index (χ4v) is 1.91. The van der Waals surface area contributed by atoms with Gasteiger partial charge < -0.3 is 10.2 Å². The van der Waals surface area contributed by atoms with Gasteiger partial charge in [-0.2, -0.15) is 4.57 Å². The highest BCUT2D eigenvalue weighted by Crippen LogP contribution is 2.05. The zero-order valence-electron chi connectivity index (χ0n) is 8.99. The van der Waals surface area contributed by atoms with Gasteiger partial charge in [0.05, 0.1) is 0 Å². The zero-order chi connectivity index (χ0) is 10.7. The molecular formula is C11H18NO2+. The summed E-state index contributed by atoms with van der Waals surface area (Å²) >= 11 is 0. The van der Waals surface area contributed by atoms with Crippen LogP contribution in [0.1, 0.15) is 23.0 Å². The molecule has 14 heavy (non-hydrogen) atoms. The van der Waals surface area contributed by atoms with Crippen LogP contribution >= 0.6 is 0 Å². The van der Waals surface area contributed by atoms with Gasteiger partial charge in [0.15, 0.2) is 11.4 Å². The molecule has 2 N–H and O–H groups in total. The van der Waals surface area contributed by atoms with Crippen LogP contribution in [0.25, 0.3) is 0 Å². The molecule has 0 aliphatic carbocycles. The summed E-state index contributed by atoms with van der Waals surface area (Å²) in [6, 6.07) is 3.87. The van der Waals surface area contributed by atoms with Crippen molar-refractivity contribution in [1.82, 2.24) is 0 Å². The van der Waals surface area contributed by atoms with E-state index in [1.54, 1.807) is 0 Å². The van der Waals surface area contributed by atoms with E-state index in [2.05, 4.69) is 0 Å². The maximum atomic E-state index is 9.12. The third kappa shape index (κ3) is 2.11. The van der Waals surface area contributed by atoms with Crippen LogP contribution in [-0.4, -0.2) is 23.4 Å². The predicted molar refractivity (Wildman–Crippen MR) is 54.1 cm³/mol. The summed E-state index contributed by atoms with van der Waals surface area (Å²) in [4.78, 5) is 0. The van der Waals surface area contributed by atoms with E-state index >= 15 is 0 Å². The van der Waals surface area contributed by atoms with Gasteiger partial charge in [-0.15, -0.1) is 0 Å². The van der Waals surface area contributed by atoms with Crippen molar-refractivity contribution in [3.63, 3.8) is 0 Å². The summed E-state index contributed by atoms with van der Waals surface area (Å²) in [5, 5.41) is 18.2. The van der Waals surface area contributed by atoms with E-state index in [0.29, 0.717) is 0 Å². The van der Waals surface area contributed by atoms with E-state index in [4.69, 9.17) is 10.2 Å². The van der Waals surface area contributed by atoms with Gasteiger partial charge in [0.25, 0.3) is 0 Å². The third-order valence-corrected chi connectivity index (χ3v) is 2.42. The molecule has 1 heterocycles. The smallest absolute Gasteiger partial charge is 0.204 e. The third-order valence-electron chi connectivity index (χ3n) is 2.42. The van der Waals surface area contributed by atoms with Crippen LogP contribution in [-0.2, 0) is 0 Å². The zero-order valence-corrected chi connectivity index (χ0v) is 8.99. The fourth-order valence-electron chi connectivity index (χ4n) is 1.91. The summed E-state index contributed by atoms with van der Waals surface area (Å²) < 4.78 is 1.97. The molecule has 0 saturated heterocycles. The van der Waals surface area contributed by atoms with Crippen molar-refractivity contribution < 1.29 is 14.8 Å². The monoisotopic (exact) mass is 196 g/mol. The van der Waals surface area contributed by atoms with Gasteiger partial charge in [0.1, 0.15) is 13.2 Å². The summed E-state index contributed by atoms with van der Waals surface area (Å²) in [6.45, 7) is 5.94. The second-order valence-electron chi connectivity index (χ2n) is 3.70. The lowest BCUT2D eigenvalue weighted by Crippen LogP contribution is -2.48. The molecule has 0 aromatic carbocycles. The molecule has 3 heteroatoms. The number of hydrogen-bond donors (Lipinski definition) is 2. The molecule has 0 radical (unpaired) electrons. The van der Waals surface area contributed by atoms with E-state index in [1.807, 2.05) is 37.5 Å². The Morgan fingerprint density at radius 1 is 1.07 bits per heavy atom. The average Bonchev–Trinajstić information content (AvgIpc) is 2.10.